The van der Waals surface area contributed by atoms with Crippen LogP contribution in [0, 0.1) is 13.8 Å². The lowest BCUT2D eigenvalue weighted by Crippen LogP contribution is -2.34. The standard InChI is InChI=1S/C18H26N4OS/c1-6-22-17(15-9-12(2)24-13(15)3)10-16(19-22)18(23)21-8-7-14(11-21)20(4)5/h9-10,14H,6-8,11H2,1-5H3. The second kappa shape index (κ2) is 6.69. The molecule has 1 unspecified atom stereocenters. The van der Waals surface area contributed by atoms with E-state index in [0.717, 1.165) is 31.7 Å². The van der Waals surface area contributed by atoms with Gasteiger partial charge in [-0.15, -0.1) is 11.3 Å². The number of likely N-dealkylation sites (tertiary alicyclic amines) is 1. The van der Waals surface area contributed by atoms with Crippen LogP contribution < -0.4 is 0 Å². The molecule has 1 fully saturated rings. The van der Waals surface area contributed by atoms with E-state index in [0.29, 0.717) is 11.7 Å². The topological polar surface area (TPSA) is 41.4 Å². The van der Waals surface area contributed by atoms with Crippen LogP contribution in [0.15, 0.2) is 12.1 Å². The molecule has 1 aliphatic heterocycles. The summed E-state index contributed by atoms with van der Waals surface area (Å²) in [5, 5.41) is 4.59. The number of carbonyl (C=O) groups is 1. The molecular weight excluding hydrogens is 320 g/mol. The van der Waals surface area contributed by atoms with Gasteiger partial charge >= 0.3 is 0 Å². The van der Waals surface area contributed by atoms with E-state index in [1.165, 1.54) is 15.3 Å². The molecule has 3 heterocycles. The minimum Gasteiger partial charge on any atom is -0.336 e. The Labute approximate surface area is 147 Å². The lowest BCUT2D eigenvalue weighted by Gasteiger charge is -2.19. The Bertz CT molecular complexity index is 746. The second-order valence-corrected chi connectivity index (χ2v) is 8.18. The van der Waals surface area contributed by atoms with Crippen molar-refractivity contribution >= 4 is 17.2 Å². The maximum atomic E-state index is 12.9. The summed E-state index contributed by atoms with van der Waals surface area (Å²) in [6.07, 6.45) is 1.03. The number of amides is 1. The molecule has 1 aliphatic rings. The molecule has 0 bridgehead atoms. The number of nitrogens with zero attached hydrogens (tertiary/aromatic N) is 4. The highest BCUT2D eigenvalue weighted by Crippen LogP contribution is 2.31. The van der Waals surface area contributed by atoms with Crippen molar-refractivity contribution in [3.8, 4) is 11.3 Å². The van der Waals surface area contributed by atoms with Crippen molar-refractivity contribution in [2.24, 2.45) is 0 Å². The smallest absolute Gasteiger partial charge is 0.274 e. The lowest BCUT2D eigenvalue weighted by atomic mass is 10.1. The number of thiophene rings is 1. The number of aryl methyl sites for hydroxylation is 3. The summed E-state index contributed by atoms with van der Waals surface area (Å²) in [6.45, 7) is 8.67. The molecule has 1 amide bonds. The number of aromatic nitrogens is 2. The number of hydrogen-bond acceptors (Lipinski definition) is 4. The maximum absolute atomic E-state index is 12.9. The number of rotatable bonds is 4. The van der Waals surface area contributed by atoms with E-state index in [1.54, 1.807) is 11.3 Å². The number of hydrogen-bond donors (Lipinski definition) is 0. The average molecular weight is 347 g/mol. The minimum atomic E-state index is 0.0532. The van der Waals surface area contributed by atoms with Crippen molar-refractivity contribution in [3.63, 3.8) is 0 Å². The fraction of sp³-hybridized carbons (Fsp3) is 0.556. The monoisotopic (exact) mass is 346 g/mol. The predicted octanol–water partition coefficient (Wildman–Crippen LogP) is 3.02. The van der Waals surface area contributed by atoms with Gasteiger partial charge in [0.15, 0.2) is 5.69 Å². The van der Waals surface area contributed by atoms with Crippen LogP contribution in [-0.2, 0) is 6.54 Å². The Balaban J connectivity index is 1.87. The molecule has 1 atom stereocenters. The van der Waals surface area contributed by atoms with Gasteiger partial charge in [-0.05, 0) is 53.4 Å². The van der Waals surface area contributed by atoms with Gasteiger partial charge in [0.2, 0.25) is 0 Å². The molecule has 3 rings (SSSR count). The van der Waals surface area contributed by atoms with Crippen LogP contribution in [0.2, 0.25) is 0 Å². The quantitative estimate of drug-likeness (QED) is 0.854. The number of carbonyl (C=O) groups excluding carboxylic acids is 1. The fourth-order valence-electron chi connectivity index (χ4n) is 3.37. The van der Waals surface area contributed by atoms with Crippen molar-refractivity contribution in [3.05, 3.63) is 27.6 Å². The Morgan fingerprint density at radius 1 is 1.38 bits per heavy atom. The van der Waals surface area contributed by atoms with E-state index in [-0.39, 0.29) is 5.91 Å². The molecular formula is C18H26N4OS. The first kappa shape index (κ1) is 17.2. The molecule has 1 saturated heterocycles. The average Bonchev–Trinajstić information content (AvgIpc) is 3.24. The summed E-state index contributed by atoms with van der Waals surface area (Å²) < 4.78 is 1.95. The summed E-state index contributed by atoms with van der Waals surface area (Å²) in [5.74, 6) is 0.0532. The van der Waals surface area contributed by atoms with Crippen molar-refractivity contribution in [1.82, 2.24) is 19.6 Å². The van der Waals surface area contributed by atoms with Crippen molar-refractivity contribution in [2.45, 2.75) is 39.8 Å². The van der Waals surface area contributed by atoms with Gasteiger partial charge in [-0.1, -0.05) is 0 Å². The second-order valence-electron chi connectivity index (χ2n) is 6.71. The number of likely N-dealkylation sites (N-methyl/N-ethyl adjacent to an activating group) is 1. The van der Waals surface area contributed by atoms with Crippen LogP contribution in [0.3, 0.4) is 0 Å². The summed E-state index contributed by atoms with van der Waals surface area (Å²) in [7, 11) is 4.15. The summed E-state index contributed by atoms with van der Waals surface area (Å²) in [4.78, 5) is 19.5. The normalized spacial score (nSPS) is 17.9. The minimum absolute atomic E-state index is 0.0532. The third-order valence-corrected chi connectivity index (χ3v) is 5.76. The third-order valence-electron chi connectivity index (χ3n) is 4.80. The Morgan fingerprint density at radius 3 is 2.67 bits per heavy atom. The molecule has 2 aromatic rings. The van der Waals surface area contributed by atoms with Gasteiger partial charge in [-0.3, -0.25) is 9.48 Å². The molecule has 0 saturated carbocycles. The van der Waals surface area contributed by atoms with Crippen LogP contribution in [0.25, 0.3) is 11.3 Å². The van der Waals surface area contributed by atoms with Gasteiger partial charge in [-0.25, -0.2) is 0 Å². The van der Waals surface area contributed by atoms with Gasteiger partial charge < -0.3 is 9.80 Å². The SMILES string of the molecule is CCn1nc(C(=O)N2CCC(N(C)C)C2)cc1-c1cc(C)sc1C. The molecule has 2 aromatic heterocycles. The largest absolute Gasteiger partial charge is 0.336 e. The molecule has 0 N–H and O–H groups in total. The van der Waals surface area contributed by atoms with Gasteiger partial charge in [-0.2, -0.15) is 5.10 Å². The maximum Gasteiger partial charge on any atom is 0.274 e. The molecule has 130 valence electrons. The zero-order chi connectivity index (χ0) is 17.4. The van der Waals surface area contributed by atoms with Crippen molar-refractivity contribution in [1.29, 1.82) is 0 Å². The van der Waals surface area contributed by atoms with Gasteiger partial charge in [0.25, 0.3) is 5.91 Å². The van der Waals surface area contributed by atoms with Crippen LogP contribution >= 0.6 is 11.3 Å². The fourth-order valence-corrected chi connectivity index (χ4v) is 4.31. The van der Waals surface area contributed by atoms with E-state index in [4.69, 9.17) is 0 Å². The van der Waals surface area contributed by atoms with Crippen LogP contribution in [0.1, 0.15) is 33.6 Å². The Kier molecular flexibility index (Phi) is 4.78. The molecule has 0 aliphatic carbocycles. The highest BCUT2D eigenvalue weighted by Gasteiger charge is 2.30. The molecule has 6 heteroatoms. The van der Waals surface area contributed by atoms with Crippen molar-refractivity contribution in [2.75, 3.05) is 27.2 Å². The van der Waals surface area contributed by atoms with Gasteiger partial charge in [0.1, 0.15) is 0 Å². The van der Waals surface area contributed by atoms with E-state index in [2.05, 4.69) is 50.9 Å². The summed E-state index contributed by atoms with van der Waals surface area (Å²) >= 11 is 1.79. The Hall–Kier alpha value is -1.66. The van der Waals surface area contributed by atoms with E-state index < -0.39 is 0 Å². The first-order valence-electron chi connectivity index (χ1n) is 8.51. The van der Waals surface area contributed by atoms with Crippen molar-refractivity contribution < 1.29 is 4.79 Å². The highest BCUT2D eigenvalue weighted by atomic mass is 32.1. The third kappa shape index (κ3) is 3.13. The van der Waals surface area contributed by atoms with E-state index in [9.17, 15) is 4.79 Å². The zero-order valence-electron chi connectivity index (χ0n) is 15.2. The molecule has 0 spiro atoms. The van der Waals surface area contributed by atoms with Gasteiger partial charge in [0, 0.05) is 41.0 Å². The van der Waals surface area contributed by atoms with E-state index in [1.807, 2.05) is 15.6 Å². The zero-order valence-corrected chi connectivity index (χ0v) is 16.0. The summed E-state index contributed by atoms with van der Waals surface area (Å²) in [6, 6.07) is 4.60. The highest BCUT2D eigenvalue weighted by molar-refractivity contribution is 7.12. The predicted molar refractivity (Wildman–Crippen MR) is 98.7 cm³/mol. The lowest BCUT2D eigenvalue weighted by molar-refractivity contribution is 0.0776. The van der Waals surface area contributed by atoms with Crippen LogP contribution in [0.5, 0.6) is 0 Å². The molecule has 5 nitrogen and oxygen atoms in total. The molecule has 0 aromatic carbocycles. The first-order chi connectivity index (χ1) is 11.4. The Morgan fingerprint density at radius 2 is 2.12 bits per heavy atom. The van der Waals surface area contributed by atoms with Crippen LogP contribution in [-0.4, -0.2) is 58.7 Å². The van der Waals surface area contributed by atoms with Crippen LogP contribution in [0.4, 0.5) is 0 Å². The van der Waals surface area contributed by atoms with E-state index >= 15 is 0 Å². The molecule has 24 heavy (non-hydrogen) atoms. The first-order valence-corrected chi connectivity index (χ1v) is 9.33. The summed E-state index contributed by atoms with van der Waals surface area (Å²) in [5.41, 5.74) is 2.80. The van der Waals surface area contributed by atoms with Gasteiger partial charge in [0.05, 0.1) is 5.69 Å². The molecule has 0 radical (unpaired) electrons.